The summed E-state index contributed by atoms with van der Waals surface area (Å²) in [5.74, 6) is 0.0115. The number of hydrogen-bond acceptors (Lipinski definition) is 3. The van der Waals surface area contributed by atoms with E-state index in [-0.39, 0.29) is 11.8 Å². The van der Waals surface area contributed by atoms with Crippen LogP contribution in [-0.2, 0) is 16.1 Å². The molecule has 0 spiro atoms. The lowest BCUT2D eigenvalue weighted by Gasteiger charge is -2.25. The largest absolute Gasteiger partial charge is 0.381 e. The lowest BCUT2D eigenvalue weighted by Crippen LogP contribution is -2.36. The van der Waals surface area contributed by atoms with Crippen molar-refractivity contribution in [2.45, 2.75) is 13.0 Å². The number of rotatable bonds is 5. The Kier molecular flexibility index (Phi) is 5.26. The SMILES string of the molecule is O=C(C1CCOC1)N(Cc1ccccn1)c1cccc(-c2ccccc2)c1. The van der Waals surface area contributed by atoms with Gasteiger partial charge in [-0.25, -0.2) is 0 Å². The van der Waals surface area contributed by atoms with E-state index in [2.05, 4.69) is 29.2 Å². The summed E-state index contributed by atoms with van der Waals surface area (Å²) in [6.07, 6.45) is 2.53. The van der Waals surface area contributed by atoms with Crippen molar-refractivity contribution in [1.29, 1.82) is 0 Å². The Morgan fingerprint density at radius 1 is 1.00 bits per heavy atom. The van der Waals surface area contributed by atoms with Crippen LogP contribution in [0.25, 0.3) is 11.1 Å². The van der Waals surface area contributed by atoms with Crippen molar-refractivity contribution in [3.8, 4) is 11.1 Å². The summed E-state index contributed by atoms with van der Waals surface area (Å²) in [6, 6.07) is 24.1. The second-order valence-corrected chi connectivity index (χ2v) is 6.72. The maximum absolute atomic E-state index is 13.2. The Morgan fingerprint density at radius 3 is 2.56 bits per heavy atom. The van der Waals surface area contributed by atoms with Gasteiger partial charge in [0.2, 0.25) is 5.91 Å². The van der Waals surface area contributed by atoms with Crippen LogP contribution in [0.3, 0.4) is 0 Å². The molecule has 1 aliphatic heterocycles. The van der Waals surface area contributed by atoms with E-state index in [1.54, 1.807) is 6.20 Å². The van der Waals surface area contributed by atoms with E-state index < -0.39 is 0 Å². The average molecular weight is 358 g/mol. The highest BCUT2D eigenvalue weighted by atomic mass is 16.5. The minimum atomic E-state index is -0.0888. The van der Waals surface area contributed by atoms with Crippen LogP contribution in [0.5, 0.6) is 0 Å². The van der Waals surface area contributed by atoms with Crippen LogP contribution in [0, 0.1) is 5.92 Å². The van der Waals surface area contributed by atoms with Crippen LogP contribution < -0.4 is 4.90 Å². The molecular formula is C23H22N2O2. The molecule has 27 heavy (non-hydrogen) atoms. The van der Waals surface area contributed by atoms with E-state index in [1.807, 2.05) is 53.4 Å². The number of carbonyl (C=O) groups excluding carboxylic acids is 1. The van der Waals surface area contributed by atoms with Crippen LogP contribution in [-0.4, -0.2) is 24.1 Å². The van der Waals surface area contributed by atoms with Crippen LogP contribution >= 0.6 is 0 Å². The molecule has 1 fully saturated rings. The van der Waals surface area contributed by atoms with Gasteiger partial charge in [0, 0.05) is 18.5 Å². The molecule has 0 saturated carbocycles. The molecule has 3 aromatic rings. The number of carbonyl (C=O) groups is 1. The quantitative estimate of drug-likeness (QED) is 0.682. The first-order chi connectivity index (χ1) is 13.3. The lowest BCUT2D eigenvalue weighted by molar-refractivity contribution is -0.122. The highest BCUT2D eigenvalue weighted by Gasteiger charge is 2.29. The number of hydrogen-bond donors (Lipinski definition) is 0. The first kappa shape index (κ1) is 17.4. The fourth-order valence-corrected chi connectivity index (χ4v) is 3.38. The van der Waals surface area contributed by atoms with Gasteiger partial charge in [0.25, 0.3) is 0 Å². The Hall–Kier alpha value is -2.98. The zero-order valence-electron chi connectivity index (χ0n) is 15.1. The van der Waals surface area contributed by atoms with Crippen LogP contribution in [0.15, 0.2) is 79.0 Å². The molecule has 136 valence electrons. The first-order valence-corrected chi connectivity index (χ1v) is 9.26. The molecule has 1 saturated heterocycles. The predicted molar refractivity (Wildman–Crippen MR) is 106 cm³/mol. The summed E-state index contributed by atoms with van der Waals surface area (Å²) < 4.78 is 5.44. The van der Waals surface area contributed by atoms with Crippen LogP contribution in [0.2, 0.25) is 0 Å². The molecule has 1 amide bonds. The zero-order chi connectivity index (χ0) is 18.5. The Morgan fingerprint density at radius 2 is 1.81 bits per heavy atom. The van der Waals surface area contributed by atoms with Crippen molar-refractivity contribution in [2.24, 2.45) is 5.92 Å². The summed E-state index contributed by atoms with van der Waals surface area (Å²) in [7, 11) is 0. The van der Waals surface area contributed by atoms with Crippen LogP contribution in [0.1, 0.15) is 12.1 Å². The maximum Gasteiger partial charge on any atom is 0.232 e. The summed E-state index contributed by atoms with van der Waals surface area (Å²) in [4.78, 5) is 19.5. The lowest BCUT2D eigenvalue weighted by atomic mass is 10.0. The second-order valence-electron chi connectivity index (χ2n) is 6.72. The smallest absolute Gasteiger partial charge is 0.232 e. The summed E-state index contributed by atoms with van der Waals surface area (Å²) >= 11 is 0. The molecule has 0 aliphatic carbocycles. The molecule has 4 heteroatoms. The van der Waals surface area contributed by atoms with Crippen molar-refractivity contribution in [3.05, 3.63) is 84.7 Å². The number of aromatic nitrogens is 1. The standard InChI is InChI=1S/C23H22N2O2/c26-23(20-12-14-27-17-20)25(16-21-10-4-5-13-24-21)22-11-6-9-19(15-22)18-7-2-1-3-8-18/h1-11,13,15,20H,12,14,16-17H2. The van der Waals surface area contributed by atoms with Gasteiger partial charge in [0.15, 0.2) is 0 Å². The van der Waals surface area contributed by atoms with Crippen molar-refractivity contribution < 1.29 is 9.53 Å². The molecule has 1 aliphatic rings. The third-order valence-corrected chi connectivity index (χ3v) is 4.86. The first-order valence-electron chi connectivity index (χ1n) is 9.26. The maximum atomic E-state index is 13.2. The van der Waals surface area contributed by atoms with Gasteiger partial charge in [0.1, 0.15) is 0 Å². The van der Waals surface area contributed by atoms with Gasteiger partial charge in [-0.15, -0.1) is 0 Å². The number of pyridine rings is 1. The molecule has 0 radical (unpaired) electrons. The molecule has 0 bridgehead atoms. The number of ether oxygens (including phenoxy) is 1. The van der Waals surface area contributed by atoms with E-state index >= 15 is 0 Å². The van der Waals surface area contributed by atoms with E-state index in [1.165, 1.54) is 0 Å². The van der Waals surface area contributed by atoms with Crippen molar-refractivity contribution in [1.82, 2.24) is 4.98 Å². The van der Waals surface area contributed by atoms with Gasteiger partial charge in [-0.05, 0) is 41.8 Å². The van der Waals surface area contributed by atoms with Crippen LogP contribution in [0.4, 0.5) is 5.69 Å². The van der Waals surface area contributed by atoms with E-state index in [4.69, 9.17) is 4.74 Å². The fourth-order valence-electron chi connectivity index (χ4n) is 3.38. The highest BCUT2D eigenvalue weighted by molar-refractivity contribution is 5.95. The molecule has 4 rings (SSSR count). The minimum Gasteiger partial charge on any atom is -0.381 e. The molecule has 4 nitrogen and oxygen atoms in total. The van der Waals surface area contributed by atoms with Gasteiger partial charge in [0.05, 0.1) is 24.8 Å². The molecule has 1 unspecified atom stereocenters. The predicted octanol–water partition coefficient (Wildman–Crippen LogP) is 4.32. The van der Waals surface area contributed by atoms with Crippen molar-refractivity contribution in [2.75, 3.05) is 18.1 Å². The zero-order valence-corrected chi connectivity index (χ0v) is 15.1. The van der Waals surface area contributed by atoms with Gasteiger partial charge < -0.3 is 9.64 Å². The third kappa shape index (κ3) is 4.07. The number of amides is 1. The van der Waals surface area contributed by atoms with E-state index in [9.17, 15) is 4.79 Å². The Labute approximate surface area is 159 Å². The van der Waals surface area contributed by atoms with Gasteiger partial charge >= 0.3 is 0 Å². The molecule has 0 N–H and O–H groups in total. The number of anilines is 1. The van der Waals surface area contributed by atoms with E-state index in [0.29, 0.717) is 19.8 Å². The summed E-state index contributed by atoms with van der Waals surface area (Å²) in [5, 5.41) is 0. The highest BCUT2D eigenvalue weighted by Crippen LogP contribution is 2.28. The monoisotopic (exact) mass is 358 g/mol. The molecule has 1 aromatic heterocycles. The normalized spacial score (nSPS) is 16.2. The summed E-state index contributed by atoms with van der Waals surface area (Å²) in [6.45, 7) is 1.60. The minimum absolute atomic E-state index is 0.0888. The van der Waals surface area contributed by atoms with Gasteiger partial charge in [-0.3, -0.25) is 9.78 Å². The Balaban J connectivity index is 1.68. The van der Waals surface area contributed by atoms with Crippen molar-refractivity contribution >= 4 is 11.6 Å². The average Bonchev–Trinajstić information content (AvgIpc) is 3.28. The summed E-state index contributed by atoms with van der Waals surface area (Å²) in [5.41, 5.74) is 3.98. The molecular weight excluding hydrogens is 336 g/mol. The molecule has 2 aromatic carbocycles. The fraction of sp³-hybridized carbons (Fsp3) is 0.217. The molecule has 2 heterocycles. The van der Waals surface area contributed by atoms with Gasteiger partial charge in [-0.1, -0.05) is 48.5 Å². The molecule has 1 atom stereocenters. The van der Waals surface area contributed by atoms with Gasteiger partial charge in [-0.2, -0.15) is 0 Å². The third-order valence-electron chi connectivity index (χ3n) is 4.86. The second kappa shape index (κ2) is 8.14. The van der Waals surface area contributed by atoms with E-state index in [0.717, 1.165) is 28.9 Å². The van der Waals surface area contributed by atoms with Crippen molar-refractivity contribution in [3.63, 3.8) is 0 Å². The Bertz CT molecular complexity index is 891. The number of benzene rings is 2. The topological polar surface area (TPSA) is 42.4 Å². The number of nitrogens with zero attached hydrogens (tertiary/aromatic N) is 2.